The predicted octanol–water partition coefficient (Wildman–Crippen LogP) is 16.8. The van der Waals surface area contributed by atoms with E-state index >= 15 is 0 Å². The number of hydrogen-bond donors (Lipinski definition) is 0. The first kappa shape index (κ1) is 37.7. The minimum absolute atomic E-state index is 0.0986. The zero-order chi connectivity index (χ0) is 42.0. The fourth-order valence-electron chi connectivity index (χ4n) is 10.5. The predicted molar refractivity (Wildman–Crippen MR) is 272 cm³/mol. The molecule has 11 aromatic rings. The zero-order valence-electron chi connectivity index (χ0n) is 35.5. The number of thiophene rings is 1. The Morgan fingerprint density at radius 1 is 0.540 bits per heavy atom. The lowest BCUT2D eigenvalue weighted by Crippen LogP contribution is -2.22. The molecule has 0 bridgehead atoms. The lowest BCUT2D eigenvalue weighted by molar-refractivity contribution is 0.514. The fraction of sp³-hybridized carbons (Fsp3) is 0.117. The summed E-state index contributed by atoms with van der Waals surface area (Å²) in [5, 5.41) is 10.2. The second kappa shape index (κ2) is 15.4. The van der Waals surface area contributed by atoms with Crippen molar-refractivity contribution in [3.63, 3.8) is 0 Å². The molecule has 9 aromatic carbocycles. The van der Waals surface area contributed by atoms with Gasteiger partial charge >= 0.3 is 0 Å². The molecule has 12 rings (SSSR count). The molecule has 1 aliphatic heterocycles. The van der Waals surface area contributed by atoms with Gasteiger partial charge in [-0.25, -0.2) is 0 Å². The van der Waals surface area contributed by atoms with E-state index in [0.29, 0.717) is 0 Å². The second-order valence-corrected chi connectivity index (χ2v) is 18.4. The zero-order valence-corrected chi connectivity index (χ0v) is 36.3. The van der Waals surface area contributed by atoms with E-state index in [1.807, 2.05) is 11.3 Å². The molecule has 3 heterocycles. The maximum Gasteiger partial charge on any atom is 0.0821 e. The SMILES string of the molecule is CCC1/C(c2ccc3ccccc3c2)=C/CC(C)C(c2cc(-n3c4ccccc4c4cc5ccccc5cc43)cc3sc4ccccc4c23)=NC1c1ccc(-c2ccccc2)cc1. The fourth-order valence-corrected chi connectivity index (χ4v) is 11.7. The molecule has 2 aromatic heterocycles. The molecule has 1 aliphatic rings. The average molecular weight is 827 g/mol. The number of allylic oxidation sites excluding steroid dienone is 1. The van der Waals surface area contributed by atoms with Gasteiger partial charge in [-0.3, -0.25) is 4.99 Å². The summed E-state index contributed by atoms with van der Waals surface area (Å²) in [4.78, 5) is 6.15. The molecule has 3 atom stereocenters. The van der Waals surface area contributed by atoms with Gasteiger partial charge in [0, 0.05) is 59.7 Å². The summed E-state index contributed by atoms with van der Waals surface area (Å²) >= 11 is 1.90. The molecule has 2 nitrogen and oxygen atoms in total. The van der Waals surface area contributed by atoms with Crippen molar-refractivity contribution in [2.45, 2.75) is 32.7 Å². The van der Waals surface area contributed by atoms with Crippen molar-refractivity contribution < 1.29 is 0 Å². The smallest absolute Gasteiger partial charge is 0.0821 e. The number of rotatable bonds is 6. The monoisotopic (exact) mass is 826 g/mol. The Labute approximate surface area is 372 Å². The van der Waals surface area contributed by atoms with Crippen molar-refractivity contribution in [3.05, 3.63) is 217 Å². The molecule has 0 fully saturated rings. The number of benzene rings is 9. The molecule has 0 saturated carbocycles. The largest absolute Gasteiger partial charge is 0.309 e. The van der Waals surface area contributed by atoms with Crippen molar-refractivity contribution in [1.82, 2.24) is 4.57 Å². The highest BCUT2D eigenvalue weighted by Gasteiger charge is 2.31. The number of aromatic nitrogens is 1. The Bertz CT molecular complexity index is 3600. The molecule has 0 spiro atoms. The Hall–Kier alpha value is -7.07. The summed E-state index contributed by atoms with van der Waals surface area (Å²) in [5.41, 5.74) is 12.4. The number of aliphatic imine (C=N–C) groups is 1. The van der Waals surface area contributed by atoms with Crippen LogP contribution in [0.5, 0.6) is 0 Å². The van der Waals surface area contributed by atoms with Crippen LogP contribution in [0.3, 0.4) is 0 Å². The Kier molecular flexibility index (Phi) is 9.19. The summed E-state index contributed by atoms with van der Waals surface area (Å²) in [6.07, 6.45) is 4.42. The molecule has 0 saturated heterocycles. The summed E-state index contributed by atoms with van der Waals surface area (Å²) in [7, 11) is 0. The van der Waals surface area contributed by atoms with E-state index in [2.05, 4.69) is 219 Å². The molecular formula is C60H46N2S. The molecule has 0 radical (unpaired) electrons. The van der Waals surface area contributed by atoms with E-state index in [1.165, 1.54) is 108 Å². The van der Waals surface area contributed by atoms with Crippen LogP contribution in [-0.2, 0) is 0 Å². The number of fused-ring (bicyclic) bond motifs is 8. The van der Waals surface area contributed by atoms with E-state index in [4.69, 9.17) is 4.99 Å². The van der Waals surface area contributed by atoms with Crippen molar-refractivity contribution in [1.29, 1.82) is 0 Å². The normalized spacial score (nSPS) is 17.9. The molecule has 3 unspecified atom stereocenters. The lowest BCUT2D eigenvalue weighted by atomic mass is 9.78. The van der Waals surface area contributed by atoms with Crippen LogP contribution in [0.4, 0.5) is 0 Å². The van der Waals surface area contributed by atoms with E-state index < -0.39 is 0 Å². The first-order valence-electron chi connectivity index (χ1n) is 22.4. The molecule has 0 amide bonds. The Morgan fingerprint density at radius 2 is 1.19 bits per heavy atom. The van der Waals surface area contributed by atoms with Gasteiger partial charge in [-0.15, -0.1) is 11.3 Å². The summed E-state index contributed by atoms with van der Waals surface area (Å²) in [6, 6.07) is 71.9. The first-order chi connectivity index (χ1) is 31.1. The van der Waals surface area contributed by atoms with Gasteiger partial charge < -0.3 is 4.57 Å². The molecule has 0 N–H and O–H groups in total. The van der Waals surface area contributed by atoms with Gasteiger partial charge in [0.1, 0.15) is 0 Å². The minimum Gasteiger partial charge on any atom is -0.309 e. The topological polar surface area (TPSA) is 17.3 Å². The van der Waals surface area contributed by atoms with Crippen molar-refractivity contribution in [2.75, 3.05) is 0 Å². The third-order valence-electron chi connectivity index (χ3n) is 13.6. The van der Waals surface area contributed by atoms with Gasteiger partial charge in [-0.1, -0.05) is 172 Å². The summed E-state index contributed by atoms with van der Waals surface area (Å²) in [5.74, 6) is 0.323. The van der Waals surface area contributed by atoms with Gasteiger partial charge in [0.2, 0.25) is 0 Å². The van der Waals surface area contributed by atoms with Crippen LogP contribution in [0.1, 0.15) is 49.4 Å². The minimum atomic E-state index is -0.0986. The van der Waals surface area contributed by atoms with Crippen molar-refractivity contribution in [3.8, 4) is 16.8 Å². The number of nitrogens with zero attached hydrogens (tertiary/aromatic N) is 2. The van der Waals surface area contributed by atoms with Gasteiger partial charge in [0.25, 0.3) is 0 Å². The number of para-hydroxylation sites is 1. The first-order valence-corrected chi connectivity index (χ1v) is 23.2. The van der Waals surface area contributed by atoms with Crippen molar-refractivity contribution in [2.24, 2.45) is 16.8 Å². The molecule has 302 valence electrons. The van der Waals surface area contributed by atoms with Crippen LogP contribution in [0, 0.1) is 11.8 Å². The maximum atomic E-state index is 6.15. The van der Waals surface area contributed by atoms with Crippen LogP contribution >= 0.6 is 11.3 Å². The molecule has 0 aliphatic carbocycles. The standard InChI is InChI=1S/C60H46N2S/c1-3-48-49(46-31-28-40-17-7-8-18-43(40)33-46)32-25-38(2)59(61-60(48)42-29-26-41(27-30-42)39-15-5-4-6-16-39)53-36-47(37-57-58(53)51-22-12-14-24-56(51)63-57)62-54-23-13-11-21-50(54)52-34-44-19-9-10-20-45(44)35-55(52)62/h4-24,26-38,48,60H,3,25H2,1-2H3/b49-32+,61-59?. The highest BCUT2D eigenvalue weighted by molar-refractivity contribution is 7.25. The summed E-state index contributed by atoms with van der Waals surface area (Å²) < 4.78 is 5.09. The quantitative estimate of drug-likeness (QED) is 0.159. The van der Waals surface area contributed by atoms with Crippen molar-refractivity contribution >= 4 is 86.1 Å². The maximum absolute atomic E-state index is 6.15. The molecular weight excluding hydrogens is 781 g/mol. The molecule has 63 heavy (non-hydrogen) atoms. The third kappa shape index (κ3) is 6.41. The number of hydrogen-bond acceptors (Lipinski definition) is 2. The average Bonchev–Trinajstić information content (AvgIpc) is 3.87. The van der Waals surface area contributed by atoms with Crippen LogP contribution in [0.15, 0.2) is 205 Å². The van der Waals surface area contributed by atoms with E-state index in [-0.39, 0.29) is 17.9 Å². The second-order valence-electron chi connectivity index (χ2n) is 17.4. The van der Waals surface area contributed by atoms with Crippen LogP contribution in [0.2, 0.25) is 0 Å². The molecule has 3 heteroatoms. The van der Waals surface area contributed by atoms with Gasteiger partial charge in [-0.2, -0.15) is 0 Å². The van der Waals surface area contributed by atoms with Crippen LogP contribution < -0.4 is 0 Å². The van der Waals surface area contributed by atoms with E-state index in [0.717, 1.165) is 12.8 Å². The summed E-state index contributed by atoms with van der Waals surface area (Å²) in [6.45, 7) is 4.75. The van der Waals surface area contributed by atoms with Crippen LogP contribution in [-0.4, -0.2) is 10.3 Å². The van der Waals surface area contributed by atoms with Gasteiger partial charge in [-0.05, 0) is 105 Å². The Balaban J connectivity index is 1.11. The highest BCUT2D eigenvalue weighted by Crippen LogP contribution is 2.46. The van der Waals surface area contributed by atoms with Gasteiger partial charge in [0.05, 0.1) is 17.1 Å². The highest BCUT2D eigenvalue weighted by atomic mass is 32.1. The third-order valence-corrected chi connectivity index (χ3v) is 14.8. The lowest BCUT2D eigenvalue weighted by Gasteiger charge is -2.32. The van der Waals surface area contributed by atoms with Crippen LogP contribution in [0.25, 0.3) is 85.9 Å². The van der Waals surface area contributed by atoms with Gasteiger partial charge in [0.15, 0.2) is 0 Å². The Morgan fingerprint density at radius 3 is 1.98 bits per heavy atom. The van der Waals surface area contributed by atoms with E-state index in [1.54, 1.807) is 0 Å². The van der Waals surface area contributed by atoms with E-state index in [9.17, 15) is 0 Å².